The molecule has 0 aliphatic rings. The molecule has 17 heavy (non-hydrogen) atoms. The van der Waals surface area contributed by atoms with E-state index in [1.807, 2.05) is 0 Å². The smallest absolute Gasteiger partial charge is 0.0627 e. The van der Waals surface area contributed by atoms with E-state index in [0.717, 1.165) is 0 Å². The van der Waals surface area contributed by atoms with Crippen molar-refractivity contribution in [3.8, 4) is 0 Å². The lowest BCUT2D eigenvalue weighted by atomic mass is 9.93. The van der Waals surface area contributed by atoms with Gasteiger partial charge in [0, 0.05) is 0 Å². The maximum Gasteiger partial charge on any atom is 0.0627 e. The highest BCUT2D eigenvalue weighted by molar-refractivity contribution is 4.74. The van der Waals surface area contributed by atoms with Crippen LogP contribution in [-0.2, 0) is 0 Å². The van der Waals surface area contributed by atoms with Gasteiger partial charge in [-0.3, -0.25) is 0 Å². The second kappa shape index (κ2) is 13.0. The Balaban J connectivity index is -0.000000205. The SMILES string of the molecule is C=C(C)[O-].C=C(C)[O-].OCC(CO)(CO)CO. The fraction of sp³-hybridized carbons (Fsp3) is 0.636. The summed E-state index contributed by atoms with van der Waals surface area (Å²) in [6, 6.07) is 0. The van der Waals surface area contributed by atoms with Gasteiger partial charge in [-0.25, -0.2) is 0 Å². The monoisotopic (exact) mass is 250 g/mol. The number of aliphatic hydroxyl groups excluding tert-OH is 4. The van der Waals surface area contributed by atoms with Crippen molar-refractivity contribution >= 4 is 0 Å². The average molecular weight is 250 g/mol. The van der Waals surface area contributed by atoms with Crippen LogP contribution in [0.1, 0.15) is 13.8 Å². The van der Waals surface area contributed by atoms with Crippen LogP contribution in [0.4, 0.5) is 0 Å². The molecule has 0 aromatic rings. The summed E-state index contributed by atoms with van der Waals surface area (Å²) < 4.78 is 0. The maximum atomic E-state index is 9.33. The summed E-state index contributed by atoms with van der Waals surface area (Å²) in [5, 5.41) is 52.7. The summed E-state index contributed by atoms with van der Waals surface area (Å²) in [7, 11) is 0. The van der Waals surface area contributed by atoms with Crippen LogP contribution >= 0.6 is 0 Å². The van der Waals surface area contributed by atoms with Crippen molar-refractivity contribution in [1.29, 1.82) is 0 Å². The normalized spacial score (nSPS) is 9.29. The molecule has 0 aromatic carbocycles. The van der Waals surface area contributed by atoms with E-state index in [2.05, 4.69) is 13.2 Å². The molecule has 0 saturated heterocycles. The molecule has 6 heteroatoms. The van der Waals surface area contributed by atoms with Gasteiger partial charge in [-0.2, -0.15) is 0 Å². The van der Waals surface area contributed by atoms with E-state index in [1.165, 1.54) is 13.8 Å². The molecule has 6 nitrogen and oxygen atoms in total. The van der Waals surface area contributed by atoms with Gasteiger partial charge in [0.1, 0.15) is 0 Å². The Morgan fingerprint density at radius 2 is 0.941 bits per heavy atom. The molecule has 0 spiro atoms. The molecule has 0 aliphatic heterocycles. The molecule has 0 fully saturated rings. The van der Waals surface area contributed by atoms with Gasteiger partial charge in [-0.15, -0.1) is 24.7 Å². The van der Waals surface area contributed by atoms with E-state index in [4.69, 9.17) is 20.4 Å². The minimum atomic E-state index is -1.11. The van der Waals surface area contributed by atoms with Gasteiger partial charge in [-0.05, 0) is 0 Å². The predicted octanol–water partition coefficient (Wildman–Crippen LogP) is -2.30. The summed E-state index contributed by atoms with van der Waals surface area (Å²) in [5.41, 5.74) is -1.11. The largest absolute Gasteiger partial charge is 0.876 e. The van der Waals surface area contributed by atoms with E-state index in [0.29, 0.717) is 0 Å². The Bertz CT molecular complexity index is 161. The first kappa shape index (κ1) is 21.2. The molecular weight excluding hydrogens is 228 g/mol. The first-order valence-electron chi connectivity index (χ1n) is 4.79. The van der Waals surface area contributed by atoms with Crippen molar-refractivity contribution < 1.29 is 30.6 Å². The van der Waals surface area contributed by atoms with Gasteiger partial charge in [0.15, 0.2) is 0 Å². The van der Waals surface area contributed by atoms with Gasteiger partial charge < -0.3 is 30.6 Å². The summed E-state index contributed by atoms with van der Waals surface area (Å²) in [6.45, 7) is 7.21. The molecule has 0 radical (unpaired) electrons. The van der Waals surface area contributed by atoms with Crippen molar-refractivity contribution in [3.05, 3.63) is 24.7 Å². The molecule has 0 aromatic heterocycles. The quantitative estimate of drug-likeness (QED) is 0.416. The molecule has 0 heterocycles. The van der Waals surface area contributed by atoms with Crippen molar-refractivity contribution in [2.45, 2.75) is 13.8 Å². The standard InChI is InChI=1S/C5H12O4.2C3H6O/c6-1-5(2-7,3-8)4-9;2*1-3(2)4/h6-9H,1-4H2;2*4H,1H2,2H3/p-2. The number of rotatable bonds is 4. The average Bonchev–Trinajstić information content (AvgIpc) is 2.20. The van der Waals surface area contributed by atoms with Crippen LogP contribution in [0, 0.1) is 5.41 Å². The van der Waals surface area contributed by atoms with E-state index in [9.17, 15) is 10.2 Å². The van der Waals surface area contributed by atoms with Crippen LogP contribution in [0.2, 0.25) is 0 Å². The molecule has 104 valence electrons. The third-order valence-electron chi connectivity index (χ3n) is 1.34. The van der Waals surface area contributed by atoms with E-state index < -0.39 is 31.8 Å². The third kappa shape index (κ3) is 20.9. The molecular formula is C11H22O6-2. The van der Waals surface area contributed by atoms with E-state index in [-0.39, 0.29) is 11.5 Å². The second-order valence-electron chi connectivity index (χ2n) is 3.54. The highest BCUT2D eigenvalue weighted by atomic mass is 16.3. The van der Waals surface area contributed by atoms with Crippen molar-refractivity contribution in [3.63, 3.8) is 0 Å². The summed E-state index contributed by atoms with van der Waals surface area (Å²) in [5.74, 6) is -0.167. The number of allylic oxidation sites excluding steroid dienone is 2. The second-order valence-corrected chi connectivity index (χ2v) is 3.54. The minimum absolute atomic E-state index is 0.0833. The third-order valence-corrected chi connectivity index (χ3v) is 1.34. The Morgan fingerprint density at radius 3 is 0.941 bits per heavy atom. The summed E-state index contributed by atoms with van der Waals surface area (Å²) in [4.78, 5) is 0. The molecule has 0 amide bonds. The maximum absolute atomic E-state index is 9.33. The molecule has 0 saturated carbocycles. The topological polar surface area (TPSA) is 127 Å². The first-order valence-corrected chi connectivity index (χ1v) is 4.79. The molecule has 0 unspecified atom stereocenters. The lowest BCUT2D eigenvalue weighted by molar-refractivity contribution is -0.301. The highest BCUT2D eigenvalue weighted by Crippen LogP contribution is 2.11. The number of hydrogen-bond donors (Lipinski definition) is 4. The van der Waals surface area contributed by atoms with Crippen LogP contribution in [0.25, 0.3) is 0 Å². The Hall–Kier alpha value is -1.08. The van der Waals surface area contributed by atoms with Gasteiger partial charge in [0.2, 0.25) is 0 Å². The number of aliphatic hydroxyl groups is 4. The van der Waals surface area contributed by atoms with Crippen LogP contribution in [0.5, 0.6) is 0 Å². The van der Waals surface area contributed by atoms with E-state index >= 15 is 0 Å². The minimum Gasteiger partial charge on any atom is -0.876 e. The Morgan fingerprint density at radius 1 is 0.824 bits per heavy atom. The zero-order chi connectivity index (χ0) is 14.5. The summed E-state index contributed by atoms with van der Waals surface area (Å²) in [6.07, 6.45) is 0. The fourth-order valence-corrected chi connectivity index (χ4v) is 0.300. The van der Waals surface area contributed by atoms with Crippen molar-refractivity contribution in [2.24, 2.45) is 5.41 Å². The first-order chi connectivity index (χ1) is 7.71. The molecule has 4 N–H and O–H groups in total. The van der Waals surface area contributed by atoms with Crippen molar-refractivity contribution in [1.82, 2.24) is 0 Å². The molecule has 0 bridgehead atoms. The molecule has 0 atom stereocenters. The summed E-state index contributed by atoms with van der Waals surface area (Å²) >= 11 is 0. The van der Waals surface area contributed by atoms with Crippen molar-refractivity contribution in [2.75, 3.05) is 26.4 Å². The van der Waals surface area contributed by atoms with Crippen LogP contribution in [-0.4, -0.2) is 46.9 Å². The van der Waals surface area contributed by atoms with E-state index in [1.54, 1.807) is 0 Å². The molecule has 0 aliphatic carbocycles. The fourth-order valence-electron chi connectivity index (χ4n) is 0.300. The number of hydrogen-bond acceptors (Lipinski definition) is 6. The van der Waals surface area contributed by atoms with Gasteiger partial charge in [0.05, 0.1) is 31.8 Å². The Kier molecular flexibility index (Phi) is 16.2. The van der Waals surface area contributed by atoms with Crippen LogP contribution < -0.4 is 10.2 Å². The Labute approximate surface area is 102 Å². The lowest BCUT2D eigenvalue weighted by Gasteiger charge is -2.23. The zero-order valence-electron chi connectivity index (χ0n) is 10.3. The highest BCUT2D eigenvalue weighted by Gasteiger charge is 2.26. The van der Waals surface area contributed by atoms with Crippen LogP contribution in [0.3, 0.4) is 0 Å². The zero-order valence-corrected chi connectivity index (χ0v) is 10.3. The predicted molar refractivity (Wildman–Crippen MR) is 60.4 cm³/mol. The van der Waals surface area contributed by atoms with Gasteiger partial charge in [0.25, 0.3) is 0 Å². The van der Waals surface area contributed by atoms with Gasteiger partial charge in [-0.1, -0.05) is 13.8 Å². The van der Waals surface area contributed by atoms with Crippen LogP contribution in [0.15, 0.2) is 24.7 Å². The van der Waals surface area contributed by atoms with Gasteiger partial charge >= 0.3 is 0 Å². The lowest BCUT2D eigenvalue weighted by Crippen LogP contribution is -2.37. The molecule has 0 rings (SSSR count).